The van der Waals surface area contributed by atoms with Gasteiger partial charge in [0.2, 0.25) is 0 Å². The maximum Gasteiger partial charge on any atom is -0.000812 e. The highest BCUT2D eigenvalue weighted by atomic mass is 14.5. The SMILES string of the molecule is Cc1ccc(C(CN)CCc2ccccc2)cc1. The zero-order chi connectivity index (χ0) is 12.8. The minimum absolute atomic E-state index is 0.464. The van der Waals surface area contributed by atoms with Crippen LogP contribution >= 0.6 is 0 Å². The van der Waals surface area contributed by atoms with Crippen molar-refractivity contribution in [3.8, 4) is 0 Å². The molecule has 94 valence electrons. The van der Waals surface area contributed by atoms with Crippen LogP contribution in [0.4, 0.5) is 0 Å². The zero-order valence-corrected chi connectivity index (χ0v) is 11.0. The molecule has 0 aliphatic heterocycles. The van der Waals surface area contributed by atoms with Gasteiger partial charge in [0.1, 0.15) is 0 Å². The Morgan fingerprint density at radius 3 is 2.22 bits per heavy atom. The normalized spacial score (nSPS) is 12.3. The molecule has 1 unspecified atom stereocenters. The predicted molar refractivity (Wildman–Crippen MR) is 77.7 cm³/mol. The molecule has 2 N–H and O–H groups in total. The highest BCUT2D eigenvalue weighted by Crippen LogP contribution is 2.21. The summed E-state index contributed by atoms with van der Waals surface area (Å²) in [6.07, 6.45) is 2.21. The predicted octanol–water partition coefficient (Wildman–Crippen LogP) is 3.67. The average molecular weight is 239 g/mol. The van der Waals surface area contributed by atoms with Crippen molar-refractivity contribution < 1.29 is 0 Å². The second-order valence-corrected chi connectivity index (χ2v) is 4.87. The molecule has 18 heavy (non-hydrogen) atoms. The Kier molecular flexibility index (Phi) is 4.54. The van der Waals surface area contributed by atoms with Gasteiger partial charge in [-0.2, -0.15) is 0 Å². The fourth-order valence-corrected chi connectivity index (χ4v) is 2.24. The number of nitrogens with two attached hydrogens (primary N) is 1. The summed E-state index contributed by atoms with van der Waals surface area (Å²) < 4.78 is 0. The van der Waals surface area contributed by atoms with Gasteiger partial charge in [0.05, 0.1) is 0 Å². The topological polar surface area (TPSA) is 26.0 Å². The van der Waals surface area contributed by atoms with Crippen LogP contribution in [0.3, 0.4) is 0 Å². The molecule has 0 heterocycles. The lowest BCUT2D eigenvalue weighted by Crippen LogP contribution is -2.13. The quantitative estimate of drug-likeness (QED) is 0.846. The second kappa shape index (κ2) is 6.36. The van der Waals surface area contributed by atoms with Crippen molar-refractivity contribution in [2.24, 2.45) is 5.73 Å². The molecule has 0 saturated carbocycles. The van der Waals surface area contributed by atoms with Gasteiger partial charge < -0.3 is 5.73 Å². The van der Waals surface area contributed by atoms with Crippen LogP contribution in [0.1, 0.15) is 29.0 Å². The van der Waals surface area contributed by atoms with Crippen LogP contribution in [-0.4, -0.2) is 6.54 Å². The van der Waals surface area contributed by atoms with Crippen LogP contribution in [0.5, 0.6) is 0 Å². The Morgan fingerprint density at radius 2 is 1.61 bits per heavy atom. The molecule has 2 aromatic rings. The molecule has 0 fully saturated rings. The van der Waals surface area contributed by atoms with Crippen molar-refractivity contribution in [2.75, 3.05) is 6.54 Å². The van der Waals surface area contributed by atoms with Gasteiger partial charge in [0, 0.05) is 0 Å². The molecule has 0 saturated heterocycles. The van der Waals surface area contributed by atoms with E-state index >= 15 is 0 Å². The van der Waals surface area contributed by atoms with E-state index in [4.69, 9.17) is 5.73 Å². The molecule has 0 amide bonds. The van der Waals surface area contributed by atoms with E-state index in [9.17, 15) is 0 Å². The van der Waals surface area contributed by atoms with Gasteiger partial charge in [-0.25, -0.2) is 0 Å². The fraction of sp³-hybridized carbons (Fsp3) is 0.294. The Balaban J connectivity index is 1.99. The van der Waals surface area contributed by atoms with E-state index in [1.807, 2.05) is 0 Å². The Hall–Kier alpha value is -1.60. The summed E-state index contributed by atoms with van der Waals surface area (Å²) in [4.78, 5) is 0. The fourth-order valence-electron chi connectivity index (χ4n) is 2.24. The molecule has 0 radical (unpaired) electrons. The Bertz CT molecular complexity index is 459. The molecular weight excluding hydrogens is 218 g/mol. The molecule has 0 aliphatic rings. The molecule has 0 spiro atoms. The molecule has 0 aromatic heterocycles. The van der Waals surface area contributed by atoms with Gasteiger partial charge in [0.25, 0.3) is 0 Å². The zero-order valence-electron chi connectivity index (χ0n) is 11.0. The summed E-state index contributed by atoms with van der Waals surface area (Å²) in [7, 11) is 0. The van der Waals surface area contributed by atoms with E-state index in [0.717, 1.165) is 19.4 Å². The summed E-state index contributed by atoms with van der Waals surface area (Å²) in [5, 5.41) is 0. The van der Waals surface area contributed by atoms with Crippen LogP contribution in [0.15, 0.2) is 54.6 Å². The molecule has 0 bridgehead atoms. The van der Waals surface area contributed by atoms with Gasteiger partial charge in [-0.3, -0.25) is 0 Å². The summed E-state index contributed by atoms with van der Waals surface area (Å²) in [5.41, 5.74) is 9.96. The summed E-state index contributed by atoms with van der Waals surface area (Å²) in [6, 6.07) is 19.4. The molecular formula is C17H21N. The summed E-state index contributed by atoms with van der Waals surface area (Å²) in [5.74, 6) is 0.464. The average Bonchev–Trinajstić information content (AvgIpc) is 2.42. The van der Waals surface area contributed by atoms with E-state index in [2.05, 4.69) is 61.5 Å². The molecule has 1 nitrogen and oxygen atoms in total. The third-order valence-corrected chi connectivity index (χ3v) is 3.46. The third kappa shape index (κ3) is 3.44. The van der Waals surface area contributed by atoms with Crippen LogP contribution in [0.2, 0.25) is 0 Å². The Labute approximate surface area is 110 Å². The summed E-state index contributed by atoms with van der Waals surface area (Å²) >= 11 is 0. The largest absolute Gasteiger partial charge is 0.330 e. The minimum Gasteiger partial charge on any atom is -0.330 e. The lowest BCUT2D eigenvalue weighted by atomic mass is 9.92. The number of rotatable bonds is 5. The number of benzene rings is 2. The van der Waals surface area contributed by atoms with Gasteiger partial charge in [-0.05, 0) is 43.4 Å². The summed E-state index contributed by atoms with van der Waals surface area (Å²) in [6.45, 7) is 2.83. The standard InChI is InChI=1S/C17H21N/c1-14-7-10-16(11-8-14)17(13-18)12-9-15-5-3-2-4-6-15/h2-8,10-11,17H,9,12-13,18H2,1H3. The molecule has 1 atom stereocenters. The van der Waals surface area contributed by atoms with E-state index in [0.29, 0.717) is 5.92 Å². The van der Waals surface area contributed by atoms with Crippen LogP contribution in [0.25, 0.3) is 0 Å². The second-order valence-electron chi connectivity index (χ2n) is 4.87. The molecule has 0 aliphatic carbocycles. The molecule has 1 heteroatoms. The molecule has 2 aromatic carbocycles. The number of hydrogen-bond acceptors (Lipinski definition) is 1. The van der Waals surface area contributed by atoms with E-state index in [1.165, 1.54) is 16.7 Å². The maximum atomic E-state index is 5.91. The van der Waals surface area contributed by atoms with Crippen molar-refractivity contribution in [3.63, 3.8) is 0 Å². The van der Waals surface area contributed by atoms with Crippen molar-refractivity contribution in [2.45, 2.75) is 25.7 Å². The first-order valence-corrected chi connectivity index (χ1v) is 6.60. The van der Waals surface area contributed by atoms with Crippen LogP contribution < -0.4 is 5.73 Å². The third-order valence-electron chi connectivity index (χ3n) is 3.46. The monoisotopic (exact) mass is 239 g/mol. The highest BCUT2D eigenvalue weighted by Gasteiger charge is 2.09. The van der Waals surface area contributed by atoms with Gasteiger partial charge in [0.15, 0.2) is 0 Å². The number of hydrogen-bond donors (Lipinski definition) is 1. The minimum atomic E-state index is 0.464. The van der Waals surface area contributed by atoms with Crippen molar-refractivity contribution in [3.05, 3.63) is 71.3 Å². The Morgan fingerprint density at radius 1 is 0.944 bits per heavy atom. The first-order valence-electron chi connectivity index (χ1n) is 6.60. The number of aryl methyl sites for hydroxylation is 2. The molecule has 2 rings (SSSR count). The van der Waals surface area contributed by atoms with Gasteiger partial charge in [-0.1, -0.05) is 60.2 Å². The highest BCUT2D eigenvalue weighted by molar-refractivity contribution is 5.25. The van der Waals surface area contributed by atoms with Gasteiger partial charge >= 0.3 is 0 Å². The van der Waals surface area contributed by atoms with Crippen molar-refractivity contribution in [1.29, 1.82) is 0 Å². The van der Waals surface area contributed by atoms with Crippen LogP contribution in [0, 0.1) is 6.92 Å². The lowest BCUT2D eigenvalue weighted by Gasteiger charge is -2.15. The lowest BCUT2D eigenvalue weighted by molar-refractivity contribution is 0.633. The first-order chi connectivity index (χ1) is 8.79. The van der Waals surface area contributed by atoms with Gasteiger partial charge in [-0.15, -0.1) is 0 Å². The first kappa shape index (κ1) is 12.8. The van der Waals surface area contributed by atoms with E-state index < -0.39 is 0 Å². The van der Waals surface area contributed by atoms with E-state index in [1.54, 1.807) is 0 Å². The smallest absolute Gasteiger partial charge is 0.000812 e. The van der Waals surface area contributed by atoms with Crippen LogP contribution in [-0.2, 0) is 6.42 Å². The van der Waals surface area contributed by atoms with Crippen molar-refractivity contribution >= 4 is 0 Å². The van der Waals surface area contributed by atoms with Crippen molar-refractivity contribution in [1.82, 2.24) is 0 Å². The van der Waals surface area contributed by atoms with E-state index in [-0.39, 0.29) is 0 Å². The maximum absolute atomic E-state index is 5.91.